The van der Waals surface area contributed by atoms with E-state index in [9.17, 15) is 5.11 Å². The van der Waals surface area contributed by atoms with Gasteiger partial charge in [0.2, 0.25) is 0 Å². The molecule has 0 aromatic heterocycles. The van der Waals surface area contributed by atoms with Crippen LogP contribution in [0.3, 0.4) is 0 Å². The summed E-state index contributed by atoms with van der Waals surface area (Å²) in [5.41, 5.74) is 2.46. The molecule has 1 aromatic rings. The summed E-state index contributed by atoms with van der Waals surface area (Å²) in [6, 6.07) is 8.47. The molecule has 0 amide bonds. The van der Waals surface area contributed by atoms with E-state index in [1.165, 1.54) is 24.0 Å². The van der Waals surface area contributed by atoms with Crippen LogP contribution in [0.2, 0.25) is 4.82 Å². The van der Waals surface area contributed by atoms with Gasteiger partial charge in [0.05, 0.1) is 0 Å². The number of aryl methyl sites for hydroxylation is 1. The van der Waals surface area contributed by atoms with Crippen molar-refractivity contribution in [3.8, 4) is 0 Å². The Morgan fingerprint density at radius 2 is 2.06 bits per heavy atom. The zero-order valence-corrected chi connectivity index (χ0v) is 12.1. The van der Waals surface area contributed by atoms with Crippen molar-refractivity contribution in [2.75, 3.05) is 0 Å². The Labute approximate surface area is 109 Å². The van der Waals surface area contributed by atoms with Crippen molar-refractivity contribution in [1.82, 2.24) is 0 Å². The molecule has 1 N–H and O–H groups in total. The molecule has 0 saturated heterocycles. The Bertz CT molecular complexity index is 399. The average molecular weight is 296 g/mol. The summed E-state index contributed by atoms with van der Waals surface area (Å²) < 4.78 is 1.13. The molecule has 2 atom stereocenters. The van der Waals surface area contributed by atoms with Crippen LogP contribution >= 0.6 is 0 Å². The zero-order valence-electron chi connectivity index (χ0n) is 10.4. The molecule has 2 nitrogen and oxygen atoms in total. The second-order valence-corrected chi connectivity index (χ2v) is 7.25. The first kappa shape index (κ1) is 12.8. The third kappa shape index (κ3) is 3.41. The van der Waals surface area contributed by atoms with E-state index < -0.39 is 6.23 Å². The van der Waals surface area contributed by atoms with Gasteiger partial charge in [-0.15, -0.1) is 0 Å². The number of hydrogen-bond acceptors (Lipinski definition) is 2. The zero-order chi connectivity index (χ0) is 12.3. The van der Waals surface area contributed by atoms with E-state index in [4.69, 9.17) is 0 Å². The third-order valence-electron chi connectivity index (χ3n) is 2.93. The molecule has 1 aliphatic heterocycles. The van der Waals surface area contributed by atoms with Crippen LogP contribution in [0, 0.1) is 6.92 Å². The van der Waals surface area contributed by atoms with Crippen LogP contribution in [-0.2, 0) is 0 Å². The van der Waals surface area contributed by atoms with E-state index in [-0.39, 0.29) is 0 Å². The summed E-state index contributed by atoms with van der Waals surface area (Å²) in [4.78, 5) is 5.06. The van der Waals surface area contributed by atoms with Gasteiger partial charge >= 0.3 is 109 Å². The normalized spacial score (nSPS) is 24.5. The first-order valence-corrected chi connectivity index (χ1v) is 8.03. The molecular formula is C14H19NOSe. The standard InChI is InChI=1S/C14H19NOSe/c1-3-4-12-9-13(16)15-14(17-12)11-7-5-10(2)6-8-11/h5-8,12-13,16H,3-4,9H2,1-2H3/t12-,13+/m1/s1. The second-order valence-electron chi connectivity index (χ2n) is 4.55. The van der Waals surface area contributed by atoms with Gasteiger partial charge in [0, 0.05) is 0 Å². The summed E-state index contributed by atoms with van der Waals surface area (Å²) in [5, 5.41) is 9.82. The van der Waals surface area contributed by atoms with Crippen LogP contribution in [0.5, 0.6) is 0 Å². The topological polar surface area (TPSA) is 32.6 Å². The van der Waals surface area contributed by atoms with Crippen molar-refractivity contribution >= 4 is 19.6 Å². The van der Waals surface area contributed by atoms with Crippen molar-refractivity contribution in [1.29, 1.82) is 0 Å². The summed E-state index contributed by atoms with van der Waals surface area (Å²) in [5.74, 6) is 0. The maximum absolute atomic E-state index is 9.82. The Morgan fingerprint density at radius 3 is 2.71 bits per heavy atom. The second kappa shape index (κ2) is 5.81. The molecule has 0 bridgehead atoms. The predicted molar refractivity (Wildman–Crippen MR) is 72.8 cm³/mol. The van der Waals surface area contributed by atoms with Crippen LogP contribution < -0.4 is 0 Å². The molecule has 0 radical (unpaired) electrons. The van der Waals surface area contributed by atoms with Gasteiger partial charge in [-0.3, -0.25) is 0 Å². The molecule has 2 rings (SSSR count). The number of aliphatic hydroxyl groups is 1. The molecule has 92 valence electrons. The monoisotopic (exact) mass is 297 g/mol. The quantitative estimate of drug-likeness (QED) is 0.855. The first-order chi connectivity index (χ1) is 8.19. The molecule has 0 aliphatic carbocycles. The molecule has 17 heavy (non-hydrogen) atoms. The van der Waals surface area contributed by atoms with Crippen molar-refractivity contribution in [3.63, 3.8) is 0 Å². The number of benzene rings is 1. The molecule has 0 unspecified atom stereocenters. The Balaban J connectivity index is 2.17. The number of aliphatic hydroxyl groups excluding tert-OH is 1. The van der Waals surface area contributed by atoms with E-state index >= 15 is 0 Å². The van der Waals surface area contributed by atoms with Gasteiger partial charge in [0.15, 0.2) is 0 Å². The van der Waals surface area contributed by atoms with Crippen LogP contribution in [0.1, 0.15) is 37.3 Å². The van der Waals surface area contributed by atoms with Gasteiger partial charge in [-0.25, -0.2) is 0 Å². The van der Waals surface area contributed by atoms with Crippen molar-refractivity contribution in [2.45, 2.75) is 44.2 Å². The number of rotatable bonds is 3. The molecular weight excluding hydrogens is 277 g/mol. The fourth-order valence-electron chi connectivity index (χ4n) is 2.00. The Kier molecular flexibility index (Phi) is 4.38. The van der Waals surface area contributed by atoms with Crippen LogP contribution in [0.25, 0.3) is 0 Å². The van der Waals surface area contributed by atoms with Gasteiger partial charge in [-0.05, 0) is 0 Å². The minimum atomic E-state index is -0.488. The fraction of sp³-hybridized carbons (Fsp3) is 0.500. The minimum absolute atomic E-state index is 0.407. The average Bonchev–Trinajstić information content (AvgIpc) is 2.29. The molecule has 0 spiro atoms. The summed E-state index contributed by atoms with van der Waals surface area (Å²) in [7, 11) is 0. The third-order valence-corrected chi connectivity index (χ3v) is 5.71. The van der Waals surface area contributed by atoms with E-state index in [0.717, 1.165) is 11.0 Å². The summed E-state index contributed by atoms with van der Waals surface area (Å²) in [6.45, 7) is 4.30. The SMILES string of the molecule is CCC[C@@H]1C[C@H](O)N=C(c2ccc(C)cc2)[Se]1. The molecule has 0 saturated carbocycles. The number of nitrogens with zero attached hydrogens (tertiary/aromatic N) is 1. The van der Waals surface area contributed by atoms with Crippen molar-refractivity contribution in [2.24, 2.45) is 4.99 Å². The summed E-state index contributed by atoms with van der Waals surface area (Å²) in [6.07, 6.45) is 2.77. The molecule has 1 aliphatic rings. The molecule has 1 aromatic carbocycles. The van der Waals surface area contributed by atoms with E-state index in [2.05, 4.69) is 43.1 Å². The predicted octanol–water partition coefficient (Wildman–Crippen LogP) is 2.76. The van der Waals surface area contributed by atoms with Crippen LogP contribution in [0.4, 0.5) is 0 Å². The van der Waals surface area contributed by atoms with Crippen LogP contribution in [-0.4, -0.2) is 30.9 Å². The molecule has 1 heterocycles. The first-order valence-electron chi connectivity index (χ1n) is 6.18. The van der Waals surface area contributed by atoms with Gasteiger partial charge in [0.25, 0.3) is 0 Å². The summed E-state index contributed by atoms with van der Waals surface area (Å²) >= 11 is 0.407. The van der Waals surface area contributed by atoms with Gasteiger partial charge in [0.1, 0.15) is 0 Å². The van der Waals surface area contributed by atoms with Gasteiger partial charge in [-0.2, -0.15) is 0 Å². The van der Waals surface area contributed by atoms with Gasteiger partial charge < -0.3 is 0 Å². The Hall–Kier alpha value is -0.631. The van der Waals surface area contributed by atoms with Crippen molar-refractivity contribution in [3.05, 3.63) is 35.4 Å². The van der Waals surface area contributed by atoms with E-state index in [0.29, 0.717) is 19.8 Å². The maximum atomic E-state index is 9.82. The van der Waals surface area contributed by atoms with Gasteiger partial charge in [-0.1, -0.05) is 0 Å². The number of aliphatic imine (C=N–C) groups is 1. The van der Waals surface area contributed by atoms with Crippen molar-refractivity contribution < 1.29 is 5.11 Å². The number of hydrogen-bond donors (Lipinski definition) is 1. The molecule has 3 heteroatoms. The van der Waals surface area contributed by atoms with E-state index in [1.807, 2.05) is 0 Å². The molecule has 0 fully saturated rings. The fourth-order valence-corrected chi connectivity index (χ4v) is 4.92. The van der Waals surface area contributed by atoms with Crippen LogP contribution in [0.15, 0.2) is 29.3 Å². The Morgan fingerprint density at radius 1 is 1.35 bits per heavy atom. The van der Waals surface area contributed by atoms with E-state index in [1.54, 1.807) is 0 Å².